The molecule has 0 radical (unpaired) electrons. The van der Waals surface area contributed by atoms with Gasteiger partial charge in [-0.15, -0.1) is 0 Å². The van der Waals surface area contributed by atoms with Crippen molar-refractivity contribution in [1.29, 1.82) is 0 Å². The van der Waals surface area contributed by atoms with E-state index in [1.54, 1.807) is 0 Å². The third kappa shape index (κ3) is 3.53. The summed E-state index contributed by atoms with van der Waals surface area (Å²) in [5.41, 5.74) is 1.87. The van der Waals surface area contributed by atoms with Crippen LogP contribution in [0.15, 0.2) is 36.5 Å². The van der Waals surface area contributed by atoms with Crippen LogP contribution < -0.4 is 5.32 Å². The van der Waals surface area contributed by atoms with Gasteiger partial charge in [0.15, 0.2) is 0 Å². The van der Waals surface area contributed by atoms with Crippen LogP contribution in [-0.4, -0.2) is 9.97 Å². The summed E-state index contributed by atoms with van der Waals surface area (Å²) in [6.45, 7) is 10.3. The Bertz CT molecular complexity index is 588. The Kier molecular flexibility index (Phi) is 4.15. The minimum absolute atomic E-state index is 0.660. The number of anilines is 1. The van der Waals surface area contributed by atoms with Crippen molar-refractivity contribution < 1.29 is 0 Å². The van der Waals surface area contributed by atoms with Crippen molar-refractivity contribution >= 4 is 16.7 Å². The summed E-state index contributed by atoms with van der Waals surface area (Å²) in [5, 5.41) is 4.27. The summed E-state index contributed by atoms with van der Waals surface area (Å²) >= 11 is 0. The van der Waals surface area contributed by atoms with Gasteiger partial charge in [0.1, 0.15) is 11.6 Å². The molecular weight excluding hydrogens is 234 g/mol. The van der Waals surface area contributed by atoms with Gasteiger partial charge in [-0.1, -0.05) is 32.6 Å². The van der Waals surface area contributed by atoms with Gasteiger partial charge in [0.05, 0.1) is 5.52 Å². The second-order valence-corrected chi connectivity index (χ2v) is 5.34. The topological polar surface area (TPSA) is 37.8 Å². The van der Waals surface area contributed by atoms with Gasteiger partial charge in [-0.05, 0) is 31.4 Å². The number of aryl methyl sites for hydroxylation is 1. The molecule has 0 aliphatic carbocycles. The summed E-state index contributed by atoms with van der Waals surface area (Å²) in [4.78, 5) is 9.26. The Morgan fingerprint density at radius 2 is 2.00 bits per heavy atom. The Morgan fingerprint density at radius 3 is 2.68 bits per heavy atom. The normalized spacial score (nSPS) is 10.9. The van der Waals surface area contributed by atoms with Crippen LogP contribution in [0.5, 0.6) is 0 Å². The number of fused-ring (bicyclic) bond motifs is 1. The Morgan fingerprint density at radius 1 is 1.26 bits per heavy atom. The molecule has 0 saturated heterocycles. The minimum Gasteiger partial charge on any atom is -0.344 e. The molecule has 3 heteroatoms. The molecular formula is C16H21N3. The van der Waals surface area contributed by atoms with Crippen molar-refractivity contribution in [2.24, 2.45) is 5.92 Å². The van der Waals surface area contributed by atoms with E-state index in [0.29, 0.717) is 5.92 Å². The lowest BCUT2D eigenvalue weighted by Gasteiger charge is -2.11. The summed E-state index contributed by atoms with van der Waals surface area (Å²) in [6, 6.07) is 8.07. The number of para-hydroxylation sites is 1. The maximum Gasteiger partial charge on any atom is 0.141 e. The first-order chi connectivity index (χ1) is 9.06. The van der Waals surface area contributed by atoms with Crippen molar-refractivity contribution in [3.05, 3.63) is 42.4 Å². The number of nitrogens with zero attached hydrogens (tertiary/aromatic N) is 2. The first-order valence-electron chi connectivity index (χ1n) is 6.74. The Hall–Kier alpha value is -1.90. The number of benzene rings is 1. The fraction of sp³-hybridized carbons (Fsp3) is 0.375. The molecule has 2 rings (SSSR count). The SMILES string of the molecule is C=C(C)Nc1nc(CCC(C)C)nc2ccccc12. The van der Waals surface area contributed by atoms with Crippen molar-refractivity contribution in [2.75, 3.05) is 5.32 Å². The third-order valence-corrected chi connectivity index (χ3v) is 2.93. The highest BCUT2D eigenvalue weighted by Crippen LogP contribution is 2.21. The molecule has 0 saturated carbocycles. The predicted octanol–water partition coefficient (Wildman–Crippen LogP) is 4.16. The van der Waals surface area contributed by atoms with Crippen LogP contribution in [-0.2, 0) is 6.42 Å². The second kappa shape index (κ2) is 5.83. The predicted molar refractivity (Wildman–Crippen MR) is 81.1 cm³/mol. The average molecular weight is 255 g/mol. The summed E-state index contributed by atoms with van der Waals surface area (Å²) in [6.07, 6.45) is 2.01. The molecule has 3 nitrogen and oxygen atoms in total. The summed E-state index contributed by atoms with van der Waals surface area (Å²) < 4.78 is 0. The first-order valence-corrected chi connectivity index (χ1v) is 6.74. The molecule has 0 aliphatic heterocycles. The van der Waals surface area contributed by atoms with E-state index in [1.165, 1.54) is 0 Å². The Labute approximate surface area is 114 Å². The van der Waals surface area contributed by atoms with Crippen LogP contribution in [0.4, 0.5) is 5.82 Å². The zero-order valence-corrected chi connectivity index (χ0v) is 11.9. The van der Waals surface area contributed by atoms with Crippen LogP contribution in [0, 0.1) is 5.92 Å². The molecule has 0 atom stereocenters. The molecule has 1 aromatic carbocycles. The van der Waals surface area contributed by atoms with Gasteiger partial charge < -0.3 is 5.32 Å². The summed E-state index contributed by atoms with van der Waals surface area (Å²) in [7, 11) is 0. The van der Waals surface area contributed by atoms with E-state index in [2.05, 4.69) is 35.7 Å². The lowest BCUT2D eigenvalue weighted by atomic mass is 10.1. The molecule has 1 heterocycles. The van der Waals surface area contributed by atoms with Gasteiger partial charge in [0.2, 0.25) is 0 Å². The fourth-order valence-electron chi connectivity index (χ4n) is 1.95. The molecule has 19 heavy (non-hydrogen) atoms. The average Bonchev–Trinajstić information content (AvgIpc) is 2.35. The molecule has 0 unspecified atom stereocenters. The molecule has 0 amide bonds. The molecule has 100 valence electrons. The summed E-state index contributed by atoms with van der Waals surface area (Å²) in [5.74, 6) is 2.42. The van der Waals surface area contributed by atoms with E-state index in [4.69, 9.17) is 0 Å². The largest absolute Gasteiger partial charge is 0.344 e. The van der Waals surface area contributed by atoms with Gasteiger partial charge in [-0.2, -0.15) is 0 Å². The van der Waals surface area contributed by atoms with Gasteiger partial charge in [-0.25, -0.2) is 9.97 Å². The maximum absolute atomic E-state index is 4.63. The van der Waals surface area contributed by atoms with Gasteiger partial charge in [0, 0.05) is 17.5 Å². The van der Waals surface area contributed by atoms with Crippen LogP contribution in [0.3, 0.4) is 0 Å². The zero-order valence-electron chi connectivity index (χ0n) is 11.9. The molecule has 2 aromatic rings. The molecule has 0 aliphatic rings. The van der Waals surface area contributed by atoms with E-state index in [9.17, 15) is 0 Å². The Balaban J connectivity index is 2.41. The number of hydrogen-bond acceptors (Lipinski definition) is 3. The van der Waals surface area contributed by atoms with E-state index in [-0.39, 0.29) is 0 Å². The third-order valence-electron chi connectivity index (χ3n) is 2.93. The smallest absolute Gasteiger partial charge is 0.141 e. The fourth-order valence-corrected chi connectivity index (χ4v) is 1.95. The highest BCUT2D eigenvalue weighted by Gasteiger charge is 2.08. The lowest BCUT2D eigenvalue weighted by molar-refractivity contribution is 0.576. The number of rotatable bonds is 5. The van der Waals surface area contributed by atoms with Crippen molar-refractivity contribution in [3.63, 3.8) is 0 Å². The zero-order chi connectivity index (χ0) is 13.8. The molecule has 1 aromatic heterocycles. The molecule has 0 bridgehead atoms. The van der Waals surface area contributed by atoms with Crippen LogP contribution in [0.25, 0.3) is 10.9 Å². The van der Waals surface area contributed by atoms with E-state index in [1.807, 2.05) is 31.2 Å². The van der Waals surface area contributed by atoms with Gasteiger partial charge in [-0.3, -0.25) is 0 Å². The number of nitrogens with one attached hydrogen (secondary N) is 1. The van der Waals surface area contributed by atoms with E-state index < -0.39 is 0 Å². The maximum atomic E-state index is 4.63. The minimum atomic E-state index is 0.660. The van der Waals surface area contributed by atoms with Crippen molar-refractivity contribution in [2.45, 2.75) is 33.6 Å². The standard InChI is InChI=1S/C16H21N3/c1-11(2)9-10-15-18-14-8-6-5-7-13(14)16(19-15)17-12(3)4/h5-8,11H,3,9-10H2,1-2,4H3,(H,17,18,19). The van der Waals surface area contributed by atoms with Crippen molar-refractivity contribution in [3.8, 4) is 0 Å². The first kappa shape index (κ1) is 13.5. The highest BCUT2D eigenvalue weighted by atomic mass is 15.0. The second-order valence-electron chi connectivity index (χ2n) is 5.34. The van der Waals surface area contributed by atoms with Gasteiger partial charge >= 0.3 is 0 Å². The molecule has 0 fully saturated rings. The quantitative estimate of drug-likeness (QED) is 0.871. The molecule has 1 N–H and O–H groups in total. The van der Waals surface area contributed by atoms with Crippen LogP contribution in [0.1, 0.15) is 33.0 Å². The van der Waals surface area contributed by atoms with Crippen LogP contribution >= 0.6 is 0 Å². The van der Waals surface area contributed by atoms with E-state index in [0.717, 1.165) is 41.1 Å². The monoisotopic (exact) mass is 255 g/mol. The lowest BCUT2D eigenvalue weighted by Crippen LogP contribution is -2.04. The van der Waals surface area contributed by atoms with Crippen molar-refractivity contribution in [1.82, 2.24) is 9.97 Å². The highest BCUT2D eigenvalue weighted by molar-refractivity contribution is 5.89. The molecule has 0 spiro atoms. The van der Waals surface area contributed by atoms with Gasteiger partial charge in [0.25, 0.3) is 0 Å². The van der Waals surface area contributed by atoms with E-state index >= 15 is 0 Å². The van der Waals surface area contributed by atoms with Crippen LogP contribution in [0.2, 0.25) is 0 Å². The number of hydrogen-bond donors (Lipinski definition) is 1. The number of allylic oxidation sites excluding steroid dienone is 1. The number of aromatic nitrogens is 2.